The van der Waals surface area contributed by atoms with E-state index in [2.05, 4.69) is 6.07 Å². The average Bonchev–Trinajstić information content (AvgIpc) is 2.65. The molecule has 0 heterocycles. The highest BCUT2D eigenvalue weighted by atomic mass is 16.5. The first kappa shape index (κ1) is 17.2. The van der Waals surface area contributed by atoms with Crippen LogP contribution in [0.4, 0.5) is 0 Å². The summed E-state index contributed by atoms with van der Waals surface area (Å²) < 4.78 is 21.2. The summed E-state index contributed by atoms with van der Waals surface area (Å²) in [5, 5.41) is 9.46. The smallest absolute Gasteiger partial charge is 0.203 e. The van der Waals surface area contributed by atoms with Crippen molar-refractivity contribution in [2.24, 2.45) is 0 Å². The molecule has 0 bridgehead atoms. The van der Waals surface area contributed by atoms with E-state index in [1.807, 2.05) is 0 Å². The van der Waals surface area contributed by atoms with Crippen molar-refractivity contribution in [3.05, 3.63) is 35.4 Å². The Hall–Kier alpha value is -3.20. The van der Waals surface area contributed by atoms with Gasteiger partial charge in [-0.2, -0.15) is 5.26 Å². The summed E-state index contributed by atoms with van der Waals surface area (Å²) in [5.74, 6) is 1.58. The predicted molar refractivity (Wildman–Crippen MR) is 88.2 cm³/mol. The molecule has 124 valence electrons. The van der Waals surface area contributed by atoms with E-state index in [-0.39, 0.29) is 0 Å². The molecular formula is C18H17NO5. The molecule has 0 aliphatic rings. The van der Waals surface area contributed by atoms with Gasteiger partial charge in [0.2, 0.25) is 5.75 Å². The SMILES string of the molecule is COc1ccc(-c2c(C=O)cc(OC)c(OC)c2OC)c(C#N)c1. The Kier molecular flexibility index (Phi) is 5.27. The van der Waals surface area contributed by atoms with Gasteiger partial charge >= 0.3 is 0 Å². The lowest BCUT2D eigenvalue weighted by atomic mass is 9.94. The zero-order valence-corrected chi connectivity index (χ0v) is 13.9. The number of hydrogen-bond acceptors (Lipinski definition) is 6. The molecule has 0 fully saturated rings. The van der Waals surface area contributed by atoms with Crippen LogP contribution < -0.4 is 18.9 Å². The second-order valence-electron chi connectivity index (χ2n) is 4.75. The largest absolute Gasteiger partial charge is 0.497 e. The Morgan fingerprint density at radius 1 is 0.958 bits per heavy atom. The molecule has 0 unspecified atom stereocenters. The Morgan fingerprint density at radius 2 is 1.67 bits per heavy atom. The average molecular weight is 327 g/mol. The third-order valence-corrected chi connectivity index (χ3v) is 3.60. The maximum absolute atomic E-state index is 11.6. The first-order chi connectivity index (χ1) is 11.6. The normalized spacial score (nSPS) is 9.79. The van der Waals surface area contributed by atoms with Crippen molar-refractivity contribution in [2.75, 3.05) is 28.4 Å². The number of aldehydes is 1. The van der Waals surface area contributed by atoms with E-state index in [4.69, 9.17) is 18.9 Å². The minimum Gasteiger partial charge on any atom is -0.497 e. The Bertz CT molecular complexity index is 808. The summed E-state index contributed by atoms with van der Waals surface area (Å²) in [5.41, 5.74) is 1.68. The highest BCUT2D eigenvalue weighted by Crippen LogP contribution is 2.47. The first-order valence-corrected chi connectivity index (χ1v) is 7.01. The van der Waals surface area contributed by atoms with Crippen LogP contribution in [-0.4, -0.2) is 34.7 Å². The van der Waals surface area contributed by atoms with Crippen LogP contribution in [0.3, 0.4) is 0 Å². The maximum Gasteiger partial charge on any atom is 0.203 e. The maximum atomic E-state index is 11.6. The van der Waals surface area contributed by atoms with Crippen molar-refractivity contribution in [3.8, 4) is 40.2 Å². The van der Waals surface area contributed by atoms with Crippen molar-refractivity contribution >= 4 is 6.29 Å². The summed E-state index contributed by atoms with van der Waals surface area (Å²) in [4.78, 5) is 11.6. The van der Waals surface area contributed by atoms with Gasteiger partial charge in [0.15, 0.2) is 17.8 Å². The molecule has 24 heavy (non-hydrogen) atoms. The fourth-order valence-electron chi connectivity index (χ4n) is 2.51. The third-order valence-electron chi connectivity index (χ3n) is 3.60. The molecule has 0 N–H and O–H groups in total. The summed E-state index contributed by atoms with van der Waals surface area (Å²) in [6.45, 7) is 0. The Labute approximate surface area is 140 Å². The third kappa shape index (κ3) is 2.84. The second kappa shape index (κ2) is 7.38. The molecule has 6 heteroatoms. The molecule has 0 saturated carbocycles. The number of rotatable bonds is 6. The minimum absolute atomic E-state index is 0.320. The number of carbonyl (C=O) groups excluding carboxylic acids is 1. The van der Waals surface area contributed by atoms with Gasteiger partial charge in [-0.25, -0.2) is 0 Å². The summed E-state index contributed by atoms with van der Waals surface area (Å²) in [6.07, 6.45) is 0.686. The quantitative estimate of drug-likeness (QED) is 0.759. The monoisotopic (exact) mass is 327 g/mol. The topological polar surface area (TPSA) is 77.8 Å². The number of methoxy groups -OCH3 is 4. The number of nitriles is 1. The zero-order chi connectivity index (χ0) is 17.7. The van der Waals surface area contributed by atoms with E-state index in [9.17, 15) is 10.1 Å². The van der Waals surface area contributed by atoms with E-state index in [0.29, 0.717) is 51.5 Å². The van der Waals surface area contributed by atoms with Gasteiger partial charge in [0.05, 0.1) is 40.1 Å². The highest BCUT2D eigenvalue weighted by molar-refractivity contribution is 5.95. The minimum atomic E-state index is 0.320. The number of nitrogens with zero attached hydrogens (tertiary/aromatic N) is 1. The lowest BCUT2D eigenvalue weighted by Gasteiger charge is -2.18. The lowest BCUT2D eigenvalue weighted by Crippen LogP contribution is -2.01. The van der Waals surface area contributed by atoms with Crippen molar-refractivity contribution in [1.82, 2.24) is 0 Å². The summed E-state index contributed by atoms with van der Waals surface area (Å²) in [6, 6.07) is 8.67. The fraction of sp³-hybridized carbons (Fsp3) is 0.222. The number of ether oxygens (including phenoxy) is 4. The van der Waals surface area contributed by atoms with E-state index in [1.54, 1.807) is 24.3 Å². The molecule has 2 aromatic rings. The van der Waals surface area contributed by atoms with Gasteiger partial charge in [-0.15, -0.1) is 0 Å². The molecular weight excluding hydrogens is 310 g/mol. The van der Waals surface area contributed by atoms with E-state index in [0.717, 1.165) is 0 Å². The van der Waals surface area contributed by atoms with Crippen molar-refractivity contribution in [2.45, 2.75) is 0 Å². The van der Waals surface area contributed by atoms with Crippen LogP contribution in [0, 0.1) is 11.3 Å². The van der Waals surface area contributed by atoms with Gasteiger partial charge in [-0.1, -0.05) is 0 Å². The van der Waals surface area contributed by atoms with Crippen LogP contribution in [0.25, 0.3) is 11.1 Å². The van der Waals surface area contributed by atoms with Gasteiger partial charge in [0, 0.05) is 16.7 Å². The number of hydrogen-bond donors (Lipinski definition) is 0. The molecule has 0 spiro atoms. The van der Waals surface area contributed by atoms with Crippen LogP contribution in [0.5, 0.6) is 23.0 Å². The lowest BCUT2D eigenvalue weighted by molar-refractivity contribution is 0.112. The summed E-state index contributed by atoms with van der Waals surface area (Å²) in [7, 11) is 5.93. The number of carbonyl (C=O) groups is 1. The molecule has 0 aliphatic heterocycles. The van der Waals surface area contributed by atoms with Gasteiger partial charge < -0.3 is 18.9 Å². The molecule has 6 nitrogen and oxygen atoms in total. The van der Waals surface area contributed by atoms with E-state index >= 15 is 0 Å². The van der Waals surface area contributed by atoms with Gasteiger partial charge in [0.1, 0.15) is 5.75 Å². The molecule has 0 atom stereocenters. The molecule has 0 saturated heterocycles. The molecule has 0 radical (unpaired) electrons. The van der Waals surface area contributed by atoms with E-state index < -0.39 is 0 Å². The van der Waals surface area contributed by atoms with Gasteiger partial charge in [0.25, 0.3) is 0 Å². The fourth-order valence-corrected chi connectivity index (χ4v) is 2.51. The van der Waals surface area contributed by atoms with Gasteiger partial charge in [-0.05, 0) is 24.3 Å². The van der Waals surface area contributed by atoms with Crippen molar-refractivity contribution in [1.29, 1.82) is 5.26 Å². The van der Waals surface area contributed by atoms with Crippen LogP contribution in [0.2, 0.25) is 0 Å². The van der Waals surface area contributed by atoms with Crippen molar-refractivity contribution < 1.29 is 23.7 Å². The molecule has 0 aromatic heterocycles. The van der Waals surface area contributed by atoms with Crippen LogP contribution in [0.15, 0.2) is 24.3 Å². The molecule has 2 rings (SSSR count). The first-order valence-electron chi connectivity index (χ1n) is 7.01. The van der Waals surface area contributed by atoms with Crippen LogP contribution in [0.1, 0.15) is 15.9 Å². The van der Waals surface area contributed by atoms with E-state index in [1.165, 1.54) is 28.4 Å². The van der Waals surface area contributed by atoms with Crippen molar-refractivity contribution in [3.63, 3.8) is 0 Å². The van der Waals surface area contributed by atoms with Crippen LogP contribution in [-0.2, 0) is 0 Å². The predicted octanol–water partition coefficient (Wildman–Crippen LogP) is 3.07. The summed E-state index contributed by atoms with van der Waals surface area (Å²) >= 11 is 0. The number of benzene rings is 2. The Balaban J connectivity index is 2.88. The Morgan fingerprint density at radius 3 is 2.17 bits per heavy atom. The molecule has 0 amide bonds. The second-order valence-corrected chi connectivity index (χ2v) is 4.75. The standard InChI is InChI=1S/C18H17NO5/c1-21-13-5-6-14(11(7-13)9-19)16-12(10-20)8-15(22-2)17(23-3)18(16)24-4/h5-8,10H,1-4H3. The molecule has 0 aliphatic carbocycles. The molecule has 2 aromatic carbocycles. The van der Waals surface area contributed by atoms with Crippen LogP contribution >= 0.6 is 0 Å². The zero-order valence-electron chi connectivity index (χ0n) is 13.9. The van der Waals surface area contributed by atoms with Gasteiger partial charge in [-0.3, -0.25) is 4.79 Å². The highest BCUT2D eigenvalue weighted by Gasteiger charge is 2.23.